The van der Waals surface area contributed by atoms with Gasteiger partial charge in [-0.1, -0.05) is 25.8 Å². The Morgan fingerprint density at radius 1 is 1.29 bits per heavy atom. The fraction of sp³-hybridized carbons (Fsp3) is 0.737. The van der Waals surface area contributed by atoms with Crippen LogP contribution in [0.4, 0.5) is 0 Å². The molecule has 1 saturated heterocycles. The summed E-state index contributed by atoms with van der Waals surface area (Å²) in [6.07, 6.45) is 4.97. The summed E-state index contributed by atoms with van der Waals surface area (Å²) in [5.74, 6) is 0.845. The number of amides is 1. The normalized spacial score (nSPS) is 27.8. The summed E-state index contributed by atoms with van der Waals surface area (Å²) < 4.78 is 0. The minimum Gasteiger partial charge on any atom is -0.352 e. The van der Waals surface area contributed by atoms with Gasteiger partial charge in [0.25, 0.3) is 0 Å². The van der Waals surface area contributed by atoms with Gasteiger partial charge in [0.15, 0.2) is 0 Å². The second-order valence-electron chi connectivity index (χ2n) is 7.44. The first kappa shape index (κ1) is 17.9. The van der Waals surface area contributed by atoms with Crippen LogP contribution in [0.5, 0.6) is 0 Å². The third-order valence-corrected chi connectivity index (χ3v) is 6.59. The molecule has 1 aliphatic heterocycles. The van der Waals surface area contributed by atoms with Crippen LogP contribution < -0.4 is 5.32 Å². The molecule has 0 bridgehead atoms. The Balaban J connectivity index is 1.44. The molecule has 2 fully saturated rings. The molecule has 0 radical (unpaired) electrons. The molecular formula is C19H31N3OS. The van der Waals surface area contributed by atoms with Gasteiger partial charge in [-0.2, -0.15) is 0 Å². The van der Waals surface area contributed by atoms with E-state index in [1.807, 2.05) is 11.3 Å². The maximum Gasteiger partial charge on any atom is 0.237 e. The molecule has 5 heteroatoms. The summed E-state index contributed by atoms with van der Waals surface area (Å²) in [6.45, 7) is 9.46. The molecule has 4 nitrogen and oxygen atoms in total. The molecule has 3 rings (SSSR count). The Labute approximate surface area is 150 Å². The van der Waals surface area contributed by atoms with Crippen LogP contribution in [-0.2, 0) is 11.3 Å². The van der Waals surface area contributed by atoms with Gasteiger partial charge in [-0.25, -0.2) is 0 Å². The van der Waals surface area contributed by atoms with Gasteiger partial charge in [-0.3, -0.25) is 14.6 Å². The van der Waals surface area contributed by atoms with Crippen molar-refractivity contribution in [1.82, 2.24) is 15.1 Å². The van der Waals surface area contributed by atoms with E-state index in [4.69, 9.17) is 0 Å². The zero-order valence-electron chi connectivity index (χ0n) is 15.0. The monoisotopic (exact) mass is 349 g/mol. The smallest absolute Gasteiger partial charge is 0.237 e. The van der Waals surface area contributed by atoms with Crippen molar-refractivity contribution in [3.8, 4) is 0 Å². The van der Waals surface area contributed by atoms with Crippen molar-refractivity contribution in [2.75, 3.05) is 26.2 Å². The Hall–Kier alpha value is -0.910. The van der Waals surface area contributed by atoms with Crippen LogP contribution in [0, 0.1) is 5.92 Å². The first-order valence-electron chi connectivity index (χ1n) is 9.42. The first-order chi connectivity index (χ1) is 11.6. The SMILES string of the molecule is C[C@@H]1CCCC[C@H]1NC(=O)[C@H](C)N1CCN(Cc2cccs2)CC1. The molecule has 2 heterocycles. The molecule has 0 spiro atoms. The van der Waals surface area contributed by atoms with E-state index in [9.17, 15) is 4.79 Å². The number of hydrogen-bond acceptors (Lipinski definition) is 4. The molecule has 0 unspecified atom stereocenters. The number of carbonyl (C=O) groups is 1. The summed E-state index contributed by atoms with van der Waals surface area (Å²) in [5.41, 5.74) is 0. The molecule has 2 aliphatic rings. The first-order valence-corrected chi connectivity index (χ1v) is 10.3. The predicted molar refractivity (Wildman–Crippen MR) is 100 cm³/mol. The lowest BCUT2D eigenvalue weighted by atomic mass is 9.86. The minimum atomic E-state index is -0.0111. The molecule has 3 atom stereocenters. The van der Waals surface area contributed by atoms with E-state index < -0.39 is 0 Å². The van der Waals surface area contributed by atoms with Crippen molar-refractivity contribution in [3.05, 3.63) is 22.4 Å². The standard InChI is InChI=1S/C19H31N3OS/c1-15-6-3-4-8-18(15)20-19(23)16(2)22-11-9-21(10-12-22)14-17-7-5-13-24-17/h5,7,13,15-16,18H,3-4,6,8-12,14H2,1-2H3,(H,20,23)/t15-,16+,18-/m1/s1. The Kier molecular flexibility index (Phi) is 6.31. The highest BCUT2D eigenvalue weighted by Gasteiger charge is 2.29. The zero-order chi connectivity index (χ0) is 16.9. The number of hydrogen-bond donors (Lipinski definition) is 1. The highest BCUT2D eigenvalue weighted by molar-refractivity contribution is 7.09. The van der Waals surface area contributed by atoms with Crippen molar-refractivity contribution < 1.29 is 4.79 Å². The predicted octanol–water partition coefficient (Wildman–Crippen LogP) is 2.95. The fourth-order valence-electron chi connectivity index (χ4n) is 3.93. The Morgan fingerprint density at radius 2 is 2.04 bits per heavy atom. The molecular weight excluding hydrogens is 318 g/mol. The lowest BCUT2D eigenvalue weighted by molar-refractivity contribution is -0.127. The number of nitrogens with one attached hydrogen (secondary N) is 1. The van der Waals surface area contributed by atoms with E-state index in [0.29, 0.717) is 12.0 Å². The van der Waals surface area contributed by atoms with Gasteiger partial charge in [0.2, 0.25) is 5.91 Å². The van der Waals surface area contributed by atoms with Gasteiger partial charge in [0.05, 0.1) is 6.04 Å². The number of thiophene rings is 1. The minimum absolute atomic E-state index is 0.0111. The van der Waals surface area contributed by atoms with Crippen molar-refractivity contribution in [2.45, 2.75) is 58.2 Å². The van der Waals surface area contributed by atoms with Crippen LogP contribution in [-0.4, -0.2) is 54.0 Å². The molecule has 1 saturated carbocycles. The molecule has 134 valence electrons. The average molecular weight is 350 g/mol. The second kappa shape index (κ2) is 8.45. The zero-order valence-corrected chi connectivity index (χ0v) is 15.9. The molecule has 1 aromatic rings. The summed E-state index contributed by atoms with van der Waals surface area (Å²) in [5, 5.41) is 5.46. The van der Waals surface area contributed by atoms with E-state index in [1.165, 1.54) is 24.1 Å². The topological polar surface area (TPSA) is 35.6 Å². The van der Waals surface area contributed by atoms with Gasteiger partial charge in [0.1, 0.15) is 0 Å². The molecule has 1 aliphatic carbocycles. The van der Waals surface area contributed by atoms with E-state index in [0.717, 1.165) is 39.1 Å². The van der Waals surface area contributed by atoms with Gasteiger partial charge >= 0.3 is 0 Å². The highest BCUT2D eigenvalue weighted by atomic mass is 32.1. The van der Waals surface area contributed by atoms with E-state index in [1.54, 1.807) is 0 Å². The lowest BCUT2D eigenvalue weighted by Crippen LogP contribution is -2.55. The van der Waals surface area contributed by atoms with Crippen molar-refractivity contribution in [3.63, 3.8) is 0 Å². The van der Waals surface area contributed by atoms with Gasteiger partial charge < -0.3 is 5.32 Å². The van der Waals surface area contributed by atoms with Crippen molar-refractivity contribution in [1.29, 1.82) is 0 Å². The van der Waals surface area contributed by atoms with Crippen LogP contribution >= 0.6 is 11.3 Å². The second-order valence-corrected chi connectivity index (χ2v) is 8.48. The van der Waals surface area contributed by atoms with E-state index in [2.05, 4.69) is 46.5 Å². The lowest BCUT2D eigenvalue weighted by Gasteiger charge is -2.38. The summed E-state index contributed by atoms with van der Waals surface area (Å²) >= 11 is 1.83. The Morgan fingerprint density at radius 3 is 2.71 bits per heavy atom. The van der Waals surface area contributed by atoms with E-state index in [-0.39, 0.29) is 11.9 Å². The van der Waals surface area contributed by atoms with Crippen LogP contribution in [0.3, 0.4) is 0 Å². The van der Waals surface area contributed by atoms with Crippen LogP contribution in [0.2, 0.25) is 0 Å². The van der Waals surface area contributed by atoms with Gasteiger partial charge in [-0.15, -0.1) is 11.3 Å². The molecule has 1 amide bonds. The number of carbonyl (C=O) groups excluding carboxylic acids is 1. The van der Waals surface area contributed by atoms with Gasteiger partial charge in [0, 0.05) is 43.6 Å². The molecule has 24 heavy (non-hydrogen) atoms. The largest absolute Gasteiger partial charge is 0.352 e. The van der Waals surface area contributed by atoms with Crippen molar-refractivity contribution in [2.24, 2.45) is 5.92 Å². The highest BCUT2D eigenvalue weighted by Crippen LogP contribution is 2.24. The summed E-state index contributed by atoms with van der Waals surface area (Å²) in [6, 6.07) is 4.70. The summed E-state index contributed by atoms with van der Waals surface area (Å²) in [7, 11) is 0. The maximum atomic E-state index is 12.6. The third kappa shape index (κ3) is 4.58. The molecule has 1 aromatic heterocycles. The summed E-state index contributed by atoms with van der Waals surface area (Å²) in [4.78, 5) is 18.9. The van der Waals surface area contributed by atoms with Crippen molar-refractivity contribution >= 4 is 17.2 Å². The third-order valence-electron chi connectivity index (χ3n) is 5.73. The average Bonchev–Trinajstić information content (AvgIpc) is 3.10. The van der Waals surface area contributed by atoms with Crippen LogP contribution in [0.1, 0.15) is 44.4 Å². The molecule has 1 N–H and O–H groups in total. The van der Waals surface area contributed by atoms with Gasteiger partial charge in [-0.05, 0) is 37.1 Å². The fourth-order valence-corrected chi connectivity index (χ4v) is 4.68. The molecule has 0 aromatic carbocycles. The van der Waals surface area contributed by atoms with E-state index >= 15 is 0 Å². The number of nitrogens with zero attached hydrogens (tertiary/aromatic N) is 2. The van der Waals surface area contributed by atoms with Crippen LogP contribution in [0.15, 0.2) is 17.5 Å². The van der Waals surface area contributed by atoms with Crippen LogP contribution in [0.25, 0.3) is 0 Å². The Bertz CT molecular complexity index is 511. The quantitative estimate of drug-likeness (QED) is 0.888. The number of piperazine rings is 1. The number of rotatable bonds is 5. The maximum absolute atomic E-state index is 12.6.